The smallest absolute Gasteiger partial charge is 0.251 e. The lowest BCUT2D eigenvalue weighted by atomic mass is 10.1. The first-order chi connectivity index (χ1) is 10.3. The highest BCUT2D eigenvalue weighted by molar-refractivity contribution is 5.96. The zero-order valence-corrected chi connectivity index (χ0v) is 13.9. The van der Waals surface area contributed by atoms with Crippen LogP contribution in [0.25, 0.3) is 0 Å². The third-order valence-corrected chi connectivity index (χ3v) is 3.37. The minimum Gasteiger partial charge on any atom is -0.352 e. The van der Waals surface area contributed by atoms with Crippen molar-refractivity contribution < 1.29 is 9.59 Å². The van der Waals surface area contributed by atoms with Gasteiger partial charge in [0.2, 0.25) is 5.91 Å². The van der Waals surface area contributed by atoms with Crippen molar-refractivity contribution in [2.45, 2.75) is 34.1 Å². The van der Waals surface area contributed by atoms with Gasteiger partial charge in [-0.25, -0.2) is 0 Å². The molecule has 0 radical (unpaired) electrons. The fourth-order valence-corrected chi connectivity index (χ4v) is 1.97. The van der Waals surface area contributed by atoms with Gasteiger partial charge in [-0.1, -0.05) is 20.8 Å². The van der Waals surface area contributed by atoms with Gasteiger partial charge in [-0.05, 0) is 49.1 Å². The fraction of sp³-hybridized carbons (Fsp3) is 0.529. The Bertz CT molecular complexity index is 527. The van der Waals surface area contributed by atoms with Crippen molar-refractivity contribution in [3.05, 3.63) is 29.3 Å². The Morgan fingerprint density at radius 2 is 1.91 bits per heavy atom. The summed E-state index contributed by atoms with van der Waals surface area (Å²) in [5, 5.41) is 5.74. The number of benzene rings is 1. The normalized spacial score (nSPS) is 12.1. The highest BCUT2D eigenvalue weighted by Gasteiger charge is 2.11. The maximum Gasteiger partial charge on any atom is 0.251 e. The zero-order valence-electron chi connectivity index (χ0n) is 13.9. The van der Waals surface area contributed by atoms with Crippen molar-refractivity contribution in [1.29, 1.82) is 0 Å². The van der Waals surface area contributed by atoms with Crippen molar-refractivity contribution in [2.75, 3.05) is 18.4 Å². The highest BCUT2D eigenvalue weighted by Crippen LogP contribution is 2.17. The number of hydrogen-bond donors (Lipinski definition) is 3. The van der Waals surface area contributed by atoms with E-state index in [0.29, 0.717) is 31.0 Å². The van der Waals surface area contributed by atoms with Crippen LogP contribution < -0.4 is 16.4 Å². The summed E-state index contributed by atoms with van der Waals surface area (Å²) in [4.78, 5) is 23.9. The van der Waals surface area contributed by atoms with Gasteiger partial charge in [-0.2, -0.15) is 0 Å². The molecule has 0 saturated heterocycles. The fourth-order valence-electron chi connectivity index (χ4n) is 1.97. The number of hydrogen-bond acceptors (Lipinski definition) is 3. The minimum absolute atomic E-state index is 0.00734. The highest BCUT2D eigenvalue weighted by atomic mass is 16.2. The van der Waals surface area contributed by atoms with Crippen LogP contribution in [0.3, 0.4) is 0 Å². The van der Waals surface area contributed by atoms with E-state index >= 15 is 0 Å². The Balaban J connectivity index is 2.68. The lowest BCUT2D eigenvalue weighted by Gasteiger charge is -2.13. The van der Waals surface area contributed by atoms with Gasteiger partial charge in [0.25, 0.3) is 5.91 Å². The lowest BCUT2D eigenvalue weighted by molar-refractivity contribution is -0.116. The van der Waals surface area contributed by atoms with Gasteiger partial charge in [0, 0.05) is 24.2 Å². The average Bonchev–Trinajstić information content (AvgIpc) is 2.45. The number of aryl methyl sites for hydroxylation is 1. The van der Waals surface area contributed by atoms with E-state index in [-0.39, 0.29) is 17.7 Å². The van der Waals surface area contributed by atoms with E-state index in [1.807, 2.05) is 27.7 Å². The van der Waals surface area contributed by atoms with Crippen LogP contribution in [0.1, 0.15) is 43.1 Å². The summed E-state index contributed by atoms with van der Waals surface area (Å²) in [5.41, 5.74) is 7.74. The van der Waals surface area contributed by atoms with Gasteiger partial charge in [-0.15, -0.1) is 0 Å². The Morgan fingerprint density at radius 3 is 2.45 bits per heavy atom. The van der Waals surface area contributed by atoms with Gasteiger partial charge >= 0.3 is 0 Å². The number of nitrogens with one attached hydrogen (secondary N) is 2. The van der Waals surface area contributed by atoms with Crippen molar-refractivity contribution in [1.82, 2.24) is 5.32 Å². The quantitative estimate of drug-likeness (QED) is 0.722. The molecule has 0 aliphatic carbocycles. The average molecular weight is 305 g/mol. The first-order valence-electron chi connectivity index (χ1n) is 7.72. The molecule has 4 N–H and O–H groups in total. The number of amides is 2. The SMILES string of the molecule is Cc1cc(C(=O)NCC(C)CN)ccc1NC(=O)CC(C)C. The van der Waals surface area contributed by atoms with Crippen LogP contribution in [0.15, 0.2) is 18.2 Å². The van der Waals surface area contributed by atoms with Gasteiger partial charge in [0.1, 0.15) is 0 Å². The molecule has 1 unspecified atom stereocenters. The van der Waals surface area contributed by atoms with Crippen LogP contribution in [-0.4, -0.2) is 24.9 Å². The maximum absolute atomic E-state index is 12.1. The molecule has 0 fully saturated rings. The largest absolute Gasteiger partial charge is 0.352 e. The lowest BCUT2D eigenvalue weighted by Crippen LogP contribution is -2.31. The molecule has 122 valence electrons. The number of rotatable bonds is 7. The molecule has 0 aliphatic rings. The summed E-state index contributed by atoms with van der Waals surface area (Å²) in [6, 6.07) is 5.28. The second-order valence-electron chi connectivity index (χ2n) is 6.23. The molecule has 1 atom stereocenters. The summed E-state index contributed by atoms with van der Waals surface area (Å²) in [7, 11) is 0. The zero-order chi connectivity index (χ0) is 16.7. The predicted octanol–water partition coefficient (Wildman–Crippen LogP) is 2.30. The molecular weight excluding hydrogens is 278 g/mol. The van der Waals surface area contributed by atoms with E-state index in [0.717, 1.165) is 11.3 Å². The topological polar surface area (TPSA) is 84.2 Å². The van der Waals surface area contributed by atoms with Crippen LogP contribution in [0.4, 0.5) is 5.69 Å². The molecule has 2 amide bonds. The van der Waals surface area contributed by atoms with Gasteiger partial charge in [0.15, 0.2) is 0 Å². The van der Waals surface area contributed by atoms with Crippen molar-refractivity contribution >= 4 is 17.5 Å². The molecule has 22 heavy (non-hydrogen) atoms. The van der Waals surface area contributed by atoms with Gasteiger partial charge in [0.05, 0.1) is 0 Å². The van der Waals surface area contributed by atoms with E-state index in [1.165, 1.54) is 0 Å². The van der Waals surface area contributed by atoms with Crippen LogP contribution in [0.5, 0.6) is 0 Å². The number of carbonyl (C=O) groups excluding carboxylic acids is 2. The van der Waals surface area contributed by atoms with Crippen molar-refractivity contribution in [3.8, 4) is 0 Å². The Hall–Kier alpha value is -1.88. The molecule has 1 rings (SSSR count). The molecule has 1 aromatic rings. The summed E-state index contributed by atoms with van der Waals surface area (Å²) in [6.07, 6.45) is 0.485. The van der Waals surface area contributed by atoms with Crippen LogP contribution in [-0.2, 0) is 4.79 Å². The molecule has 0 heterocycles. The van der Waals surface area contributed by atoms with Crippen LogP contribution in [0.2, 0.25) is 0 Å². The Kier molecular flexibility index (Phi) is 7.05. The third-order valence-electron chi connectivity index (χ3n) is 3.37. The third kappa shape index (κ3) is 5.85. The van der Waals surface area contributed by atoms with E-state index in [2.05, 4.69) is 10.6 Å². The molecule has 5 heteroatoms. The molecule has 1 aromatic carbocycles. The summed E-state index contributed by atoms with van der Waals surface area (Å²) >= 11 is 0. The van der Waals surface area contributed by atoms with Crippen molar-refractivity contribution in [3.63, 3.8) is 0 Å². The van der Waals surface area contributed by atoms with Crippen LogP contribution in [0, 0.1) is 18.8 Å². The molecule has 0 spiro atoms. The molecule has 0 aliphatic heterocycles. The standard InChI is InChI=1S/C17H27N3O2/c1-11(2)7-16(21)20-15-6-5-14(8-13(15)4)17(22)19-10-12(3)9-18/h5-6,8,11-12H,7,9-10,18H2,1-4H3,(H,19,22)(H,20,21). The first kappa shape index (κ1) is 18.2. The molecule has 5 nitrogen and oxygen atoms in total. The number of nitrogens with two attached hydrogens (primary N) is 1. The second-order valence-corrected chi connectivity index (χ2v) is 6.23. The predicted molar refractivity (Wildman–Crippen MR) is 89.8 cm³/mol. The van der Waals surface area contributed by atoms with Gasteiger partial charge in [-0.3, -0.25) is 9.59 Å². The van der Waals surface area contributed by atoms with Crippen molar-refractivity contribution in [2.24, 2.45) is 17.6 Å². The Labute approximate surface area is 132 Å². The molecular formula is C17H27N3O2. The number of carbonyl (C=O) groups is 2. The van der Waals surface area contributed by atoms with Crippen LogP contribution >= 0.6 is 0 Å². The first-order valence-corrected chi connectivity index (χ1v) is 7.72. The summed E-state index contributed by atoms with van der Waals surface area (Å²) in [6.45, 7) is 8.97. The molecule has 0 saturated carbocycles. The van der Waals surface area contributed by atoms with Gasteiger partial charge < -0.3 is 16.4 Å². The minimum atomic E-state index is -0.122. The Morgan fingerprint density at radius 1 is 1.23 bits per heavy atom. The summed E-state index contributed by atoms with van der Waals surface area (Å²) in [5.74, 6) is 0.435. The van der Waals surface area contributed by atoms with E-state index in [4.69, 9.17) is 5.73 Å². The van der Waals surface area contributed by atoms with E-state index < -0.39 is 0 Å². The number of anilines is 1. The maximum atomic E-state index is 12.1. The van der Waals surface area contributed by atoms with E-state index in [1.54, 1.807) is 18.2 Å². The van der Waals surface area contributed by atoms with E-state index in [9.17, 15) is 9.59 Å². The second kappa shape index (κ2) is 8.54. The molecule has 0 bridgehead atoms. The molecule has 0 aromatic heterocycles. The monoisotopic (exact) mass is 305 g/mol. The summed E-state index contributed by atoms with van der Waals surface area (Å²) < 4.78 is 0.